The fourth-order valence-corrected chi connectivity index (χ4v) is 7.19. The first-order valence-corrected chi connectivity index (χ1v) is 12.9. The second kappa shape index (κ2) is 8.40. The van der Waals surface area contributed by atoms with Crippen LogP contribution in [0.5, 0.6) is 0 Å². The van der Waals surface area contributed by atoms with Crippen molar-refractivity contribution in [1.82, 2.24) is 5.43 Å². The first kappa shape index (κ1) is 26.8. The second-order valence-corrected chi connectivity index (χ2v) is 12.9. The number of rotatable bonds is 3. The lowest BCUT2D eigenvalue weighted by atomic mass is 9.56. The van der Waals surface area contributed by atoms with E-state index in [0.29, 0.717) is 6.42 Å². The Morgan fingerprint density at radius 3 is 2.40 bits per heavy atom. The molecule has 4 N–H and O–H groups in total. The second-order valence-electron chi connectivity index (χ2n) is 11.2. The standard InChI is InChI=1S/C25H31Cl3N2O5/c1-11-6-7-15(26)22(2,3)12(11)9-25-21(34)18-17(13(31)8-14(32)19(18)30-29)20(33)24(25,28)10-16(27)23(4,5)35-25/h8,12,15-16,19,30-31H,1,6-7,9-10,29H2,2-5H3/t12-,15+,16-,19?,24+,25+/m1/s1. The van der Waals surface area contributed by atoms with Crippen molar-refractivity contribution in [3.05, 3.63) is 35.1 Å². The third kappa shape index (κ3) is 3.61. The van der Waals surface area contributed by atoms with Gasteiger partial charge < -0.3 is 9.84 Å². The lowest BCUT2D eigenvalue weighted by molar-refractivity contribution is -0.203. The molecule has 4 rings (SSSR count). The molecule has 10 heteroatoms. The Balaban J connectivity index is 1.99. The minimum absolute atomic E-state index is 0.00983. The molecule has 0 aromatic carbocycles. The number of ether oxygens (including phenoxy) is 1. The van der Waals surface area contributed by atoms with Crippen molar-refractivity contribution in [1.29, 1.82) is 0 Å². The van der Waals surface area contributed by atoms with Crippen molar-refractivity contribution in [2.45, 2.75) is 86.3 Å². The van der Waals surface area contributed by atoms with Gasteiger partial charge in [-0.3, -0.25) is 20.2 Å². The minimum atomic E-state index is -1.93. The van der Waals surface area contributed by atoms with Crippen LogP contribution in [-0.4, -0.2) is 55.3 Å². The number of hydrogen-bond acceptors (Lipinski definition) is 7. The maximum Gasteiger partial charge on any atom is 0.195 e. The van der Waals surface area contributed by atoms with Crippen LogP contribution in [0.1, 0.15) is 53.4 Å². The third-order valence-corrected chi connectivity index (χ3v) is 10.5. The van der Waals surface area contributed by atoms with Crippen LogP contribution in [0.2, 0.25) is 0 Å². The number of Topliss-reactive ketones (excluding diaryl/α,β-unsaturated/α-hetero) is 2. The summed E-state index contributed by atoms with van der Waals surface area (Å²) in [5.74, 6) is 2.63. The summed E-state index contributed by atoms with van der Waals surface area (Å²) < 4.78 is 6.52. The SMILES string of the molecule is C=C1CC[C@H](Cl)C(C)(C)[C@@H]1C[C@@]12OC(C)(C)[C@H](Cl)C[C@]1(Cl)C(=O)C1=C(C2=O)C(NN)C(=O)C=C1O. The molecule has 3 aliphatic carbocycles. The molecule has 1 saturated carbocycles. The average Bonchev–Trinajstić information content (AvgIpc) is 2.75. The molecule has 0 spiro atoms. The Morgan fingerprint density at radius 1 is 1.17 bits per heavy atom. The zero-order valence-corrected chi connectivity index (χ0v) is 22.5. The van der Waals surface area contributed by atoms with Crippen molar-refractivity contribution in [3.8, 4) is 0 Å². The van der Waals surface area contributed by atoms with Crippen LogP contribution in [-0.2, 0) is 19.1 Å². The Bertz CT molecular complexity index is 1100. The van der Waals surface area contributed by atoms with Gasteiger partial charge in [-0.15, -0.1) is 34.8 Å². The van der Waals surface area contributed by atoms with Crippen LogP contribution in [0.15, 0.2) is 35.1 Å². The van der Waals surface area contributed by atoms with Gasteiger partial charge in [-0.2, -0.15) is 0 Å². The summed E-state index contributed by atoms with van der Waals surface area (Å²) in [6, 6.07) is -1.33. The summed E-state index contributed by atoms with van der Waals surface area (Å²) in [5, 5.41) is 9.67. The molecular formula is C25H31Cl3N2O5. The van der Waals surface area contributed by atoms with Crippen molar-refractivity contribution in [3.63, 3.8) is 0 Å². The van der Waals surface area contributed by atoms with Gasteiger partial charge in [0.25, 0.3) is 0 Å². The van der Waals surface area contributed by atoms with E-state index in [1.165, 1.54) is 0 Å². The molecule has 1 aliphatic heterocycles. The number of halogens is 3. The molecule has 7 nitrogen and oxygen atoms in total. The monoisotopic (exact) mass is 544 g/mol. The number of nitrogens with one attached hydrogen (secondary N) is 1. The molecular weight excluding hydrogens is 515 g/mol. The summed E-state index contributed by atoms with van der Waals surface area (Å²) in [6.45, 7) is 11.7. The van der Waals surface area contributed by atoms with E-state index in [-0.39, 0.29) is 35.3 Å². The number of allylic oxidation sites excluding steroid dienone is 2. The van der Waals surface area contributed by atoms with Gasteiger partial charge in [-0.05, 0) is 50.9 Å². The number of aliphatic hydroxyl groups is 1. The quantitative estimate of drug-likeness (QED) is 0.214. The fourth-order valence-electron chi connectivity index (χ4n) is 6.13. The zero-order valence-electron chi connectivity index (χ0n) is 20.2. The molecule has 2 fully saturated rings. The largest absolute Gasteiger partial charge is 0.507 e. The van der Waals surface area contributed by atoms with E-state index in [9.17, 15) is 19.5 Å². The first-order chi connectivity index (χ1) is 16.0. The average molecular weight is 546 g/mol. The molecule has 192 valence electrons. The molecule has 0 aromatic heterocycles. The molecule has 35 heavy (non-hydrogen) atoms. The Hall–Kier alpha value is -1.22. The van der Waals surface area contributed by atoms with Crippen LogP contribution < -0.4 is 11.3 Å². The van der Waals surface area contributed by atoms with Gasteiger partial charge in [-0.25, -0.2) is 5.43 Å². The van der Waals surface area contributed by atoms with Crippen molar-refractivity contribution in [2.75, 3.05) is 0 Å². The molecule has 1 saturated heterocycles. The van der Waals surface area contributed by atoms with Crippen molar-refractivity contribution >= 4 is 52.2 Å². The van der Waals surface area contributed by atoms with Gasteiger partial charge in [0.15, 0.2) is 23.0 Å². The van der Waals surface area contributed by atoms with E-state index in [0.717, 1.165) is 18.1 Å². The molecule has 1 heterocycles. The van der Waals surface area contributed by atoms with E-state index in [1.807, 2.05) is 13.8 Å². The van der Waals surface area contributed by atoms with Crippen LogP contribution in [0.3, 0.4) is 0 Å². The molecule has 6 atom stereocenters. The summed E-state index contributed by atoms with van der Waals surface area (Å²) in [5.41, 5.74) is -0.817. The fraction of sp³-hybridized carbons (Fsp3) is 0.640. The number of hydrazine groups is 1. The predicted molar refractivity (Wildman–Crippen MR) is 135 cm³/mol. The lowest BCUT2D eigenvalue weighted by Crippen LogP contribution is -2.74. The maximum absolute atomic E-state index is 14.5. The Kier molecular flexibility index (Phi) is 6.44. The Labute approximate surface area is 220 Å². The highest BCUT2D eigenvalue weighted by Crippen LogP contribution is 2.60. The zero-order chi connectivity index (χ0) is 26.3. The molecule has 0 aromatic rings. The van der Waals surface area contributed by atoms with Crippen LogP contribution in [0.4, 0.5) is 0 Å². The minimum Gasteiger partial charge on any atom is -0.507 e. The molecule has 0 bridgehead atoms. The summed E-state index contributed by atoms with van der Waals surface area (Å²) in [6.07, 6.45) is 2.18. The maximum atomic E-state index is 14.5. The smallest absolute Gasteiger partial charge is 0.195 e. The third-order valence-electron chi connectivity index (χ3n) is 8.44. The van der Waals surface area contributed by atoms with Gasteiger partial charge in [0, 0.05) is 17.0 Å². The normalized spacial score (nSPS) is 40.9. The highest BCUT2D eigenvalue weighted by molar-refractivity contribution is 6.45. The summed E-state index contributed by atoms with van der Waals surface area (Å²) in [4.78, 5) is 39.2. The number of carbonyl (C=O) groups excluding carboxylic acids is 3. The number of fused-ring (bicyclic) bond motifs is 1. The number of nitrogens with two attached hydrogens (primary N) is 1. The van der Waals surface area contributed by atoms with Crippen molar-refractivity contribution < 1.29 is 24.2 Å². The van der Waals surface area contributed by atoms with E-state index in [4.69, 9.17) is 45.4 Å². The summed E-state index contributed by atoms with van der Waals surface area (Å²) in [7, 11) is 0. The highest BCUT2D eigenvalue weighted by Gasteiger charge is 2.72. The number of hydrogen-bond donors (Lipinski definition) is 3. The topological polar surface area (TPSA) is 119 Å². The van der Waals surface area contributed by atoms with Crippen LogP contribution in [0, 0.1) is 11.3 Å². The number of aliphatic hydroxyl groups excluding tert-OH is 1. The van der Waals surface area contributed by atoms with Crippen LogP contribution >= 0.6 is 34.8 Å². The number of alkyl halides is 3. The van der Waals surface area contributed by atoms with Crippen molar-refractivity contribution in [2.24, 2.45) is 17.2 Å². The first-order valence-electron chi connectivity index (χ1n) is 11.6. The molecule has 0 radical (unpaired) electrons. The summed E-state index contributed by atoms with van der Waals surface area (Å²) >= 11 is 20.5. The van der Waals surface area contributed by atoms with E-state index in [2.05, 4.69) is 12.0 Å². The predicted octanol–water partition coefficient (Wildman–Crippen LogP) is 3.80. The van der Waals surface area contributed by atoms with E-state index < -0.39 is 56.0 Å². The molecule has 0 amide bonds. The van der Waals surface area contributed by atoms with Gasteiger partial charge in [-0.1, -0.05) is 26.0 Å². The molecule has 1 unspecified atom stereocenters. The van der Waals surface area contributed by atoms with Crippen LogP contribution in [0.25, 0.3) is 0 Å². The van der Waals surface area contributed by atoms with Gasteiger partial charge in [0.05, 0.1) is 16.6 Å². The molecule has 4 aliphatic rings. The van der Waals surface area contributed by atoms with E-state index >= 15 is 0 Å². The Morgan fingerprint density at radius 2 is 1.80 bits per heavy atom. The van der Waals surface area contributed by atoms with E-state index in [1.54, 1.807) is 13.8 Å². The number of carbonyl (C=O) groups is 3. The van der Waals surface area contributed by atoms with Gasteiger partial charge >= 0.3 is 0 Å². The van der Waals surface area contributed by atoms with Gasteiger partial charge in [0.2, 0.25) is 0 Å². The highest BCUT2D eigenvalue weighted by atomic mass is 35.5. The lowest BCUT2D eigenvalue weighted by Gasteiger charge is -2.59. The van der Waals surface area contributed by atoms with Gasteiger partial charge in [0.1, 0.15) is 16.7 Å². The number of ketones is 3.